The smallest absolute Gasteiger partial charge is 0.321 e. The van der Waals surface area contributed by atoms with Gasteiger partial charge in [0.25, 0.3) is 0 Å². The number of hydrogen-bond acceptors (Lipinski definition) is 4. The number of methoxy groups -OCH3 is 1. The Morgan fingerprint density at radius 3 is 2.82 bits per heavy atom. The molecule has 4 nitrogen and oxygen atoms in total. The van der Waals surface area contributed by atoms with Crippen molar-refractivity contribution in [1.82, 2.24) is 0 Å². The van der Waals surface area contributed by atoms with E-state index >= 15 is 0 Å². The van der Waals surface area contributed by atoms with E-state index in [4.69, 9.17) is 4.74 Å². The highest BCUT2D eigenvalue weighted by molar-refractivity contribution is 5.82. The third-order valence-electron chi connectivity index (χ3n) is 2.85. The Morgan fingerprint density at radius 2 is 2.24 bits per heavy atom. The molecule has 1 aliphatic heterocycles. The van der Waals surface area contributed by atoms with Crippen molar-refractivity contribution in [2.75, 3.05) is 7.11 Å². The first-order valence-electron chi connectivity index (χ1n) is 6.17. The molecular formula is C13H20O4. The van der Waals surface area contributed by atoms with Gasteiger partial charge in [-0.3, -0.25) is 9.59 Å². The monoisotopic (exact) mass is 240 g/mol. The van der Waals surface area contributed by atoms with Gasteiger partial charge in [0.2, 0.25) is 0 Å². The molecule has 1 unspecified atom stereocenters. The molecule has 0 aromatic rings. The molecule has 0 aromatic carbocycles. The van der Waals surface area contributed by atoms with E-state index in [9.17, 15) is 9.59 Å². The topological polar surface area (TPSA) is 52.6 Å². The number of allylic oxidation sites excluding steroid dienone is 1. The van der Waals surface area contributed by atoms with Crippen molar-refractivity contribution in [3.05, 3.63) is 11.8 Å². The number of ether oxygens (including phenoxy) is 2. The molecule has 4 heteroatoms. The lowest BCUT2D eigenvalue weighted by atomic mass is 9.95. The van der Waals surface area contributed by atoms with Crippen LogP contribution in [0.15, 0.2) is 11.8 Å². The maximum Gasteiger partial charge on any atom is 0.321 e. The van der Waals surface area contributed by atoms with Crippen molar-refractivity contribution in [3.8, 4) is 0 Å². The van der Waals surface area contributed by atoms with E-state index in [1.807, 2.05) is 6.08 Å². The number of rotatable bonds is 7. The predicted molar refractivity (Wildman–Crippen MR) is 63.1 cm³/mol. The van der Waals surface area contributed by atoms with E-state index in [0.717, 1.165) is 37.9 Å². The van der Waals surface area contributed by atoms with E-state index < -0.39 is 0 Å². The zero-order chi connectivity index (χ0) is 12.7. The number of unbranched alkanes of at least 4 members (excludes halogenated alkanes) is 2. The Labute approximate surface area is 102 Å². The van der Waals surface area contributed by atoms with Gasteiger partial charge in [0.15, 0.2) is 0 Å². The molecule has 0 spiro atoms. The zero-order valence-electron chi connectivity index (χ0n) is 10.5. The zero-order valence-corrected chi connectivity index (χ0v) is 10.5. The summed E-state index contributed by atoms with van der Waals surface area (Å²) in [6.07, 6.45) is 6.81. The minimum atomic E-state index is -0.198. The van der Waals surface area contributed by atoms with Crippen molar-refractivity contribution in [1.29, 1.82) is 0 Å². The Morgan fingerprint density at radius 1 is 1.47 bits per heavy atom. The van der Waals surface area contributed by atoms with Crippen molar-refractivity contribution in [2.45, 2.75) is 45.4 Å². The second kappa shape index (κ2) is 7.09. The molecule has 17 heavy (non-hydrogen) atoms. The fourth-order valence-corrected chi connectivity index (χ4v) is 1.76. The van der Waals surface area contributed by atoms with Crippen molar-refractivity contribution >= 4 is 11.9 Å². The molecule has 96 valence electrons. The van der Waals surface area contributed by atoms with Gasteiger partial charge in [-0.15, -0.1) is 0 Å². The molecule has 1 fully saturated rings. The number of carbonyl (C=O) groups excluding carboxylic acids is 2. The van der Waals surface area contributed by atoms with E-state index in [2.05, 4.69) is 11.7 Å². The van der Waals surface area contributed by atoms with Crippen LogP contribution in [-0.4, -0.2) is 19.0 Å². The van der Waals surface area contributed by atoms with Gasteiger partial charge in [0, 0.05) is 6.42 Å². The Kier molecular flexibility index (Phi) is 5.73. The summed E-state index contributed by atoms with van der Waals surface area (Å²) < 4.78 is 9.53. The third kappa shape index (κ3) is 4.21. The summed E-state index contributed by atoms with van der Waals surface area (Å²) >= 11 is 0. The molecule has 0 aromatic heterocycles. The van der Waals surface area contributed by atoms with Crippen LogP contribution in [0.2, 0.25) is 0 Å². The summed E-state index contributed by atoms with van der Waals surface area (Å²) in [5.41, 5.74) is 0. The quantitative estimate of drug-likeness (QED) is 0.507. The average molecular weight is 240 g/mol. The van der Waals surface area contributed by atoms with Gasteiger partial charge in [0.05, 0.1) is 7.11 Å². The van der Waals surface area contributed by atoms with Gasteiger partial charge in [-0.2, -0.15) is 0 Å². The summed E-state index contributed by atoms with van der Waals surface area (Å²) in [6, 6.07) is 0. The molecule has 1 rings (SSSR count). The molecule has 1 heterocycles. The highest BCUT2D eigenvalue weighted by atomic mass is 16.6. The van der Waals surface area contributed by atoms with Gasteiger partial charge in [-0.1, -0.05) is 19.8 Å². The van der Waals surface area contributed by atoms with Crippen LogP contribution in [0.5, 0.6) is 0 Å². The van der Waals surface area contributed by atoms with Crippen molar-refractivity contribution in [3.63, 3.8) is 0 Å². The van der Waals surface area contributed by atoms with Crippen LogP contribution in [0.4, 0.5) is 0 Å². The Bertz CT molecular complexity index is 307. The molecule has 1 saturated heterocycles. The van der Waals surface area contributed by atoms with E-state index in [-0.39, 0.29) is 17.9 Å². The number of esters is 2. The minimum absolute atomic E-state index is 0.0342. The molecule has 1 aliphatic rings. The standard InChI is InChI=1S/C13H20O4/c1-3-4-7-10-11(17-13(10)15)8-5-6-9-12(14)16-2/h8,10H,3-7,9H2,1-2H3/b11-8+. The second-order valence-corrected chi connectivity index (χ2v) is 4.19. The largest absolute Gasteiger partial charge is 0.469 e. The summed E-state index contributed by atoms with van der Waals surface area (Å²) in [7, 11) is 1.38. The fourth-order valence-electron chi connectivity index (χ4n) is 1.76. The third-order valence-corrected chi connectivity index (χ3v) is 2.85. The van der Waals surface area contributed by atoms with Gasteiger partial charge >= 0.3 is 11.9 Å². The SMILES string of the molecule is CCCCC1C(=O)O/C1=C/CCCC(=O)OC. The summed E-state index contributed by atoms with van der Waals surface area (Å²) in [6.45, 7) is 2.10. The normalized spacial score (nSPS) is 20.9. The lowest BCUT2D eigenvalue weighted by Gasteiger charge is -2.27. The highest BCUT2D eigenvalue weighted by Gasteiger charge is 2.36. The van der Waals surface area contributed by atoms with E-state index in [1.165, 1.54) is 7.11 Å². The van der Waals surface area contributed by atoms with Crippen LogP contribution >= 0.6 is 0 Å². The highest BCUT2D eigenvalue weighted by Crippen LogP contribution is 2.31. The van der Waals surface area contributed by atoms with Crippen LogP contribution in [-0.2, 0) is 19.1 Å². The first-order valence-corrected chi connectivity index (χ1v) is 6.17. The van der Waals surface area contributed by atoms with E-state index in [0.29, 0.717) is 6.42 Å². The van der Waals surface area contributed by atoms with Crippen LogP contribution in [0.25, 0.3) is 0 Å². The van der Waals surface area contributed by atoms with Crippen molar-refractivity contribution < 1.29 is 19.1 Å². The van der Waals surface area contributed by atoms with Gasteiger partial charge in [0.1, 0.15) is 11.7 Å². The Balaban J connectivity index is 2.25. The average Bonchev–Trinajstić information content (AvgIpc) is 2.32. The first kappa shape index (κ1) is 13.7. The summed E-state index contributed by atoms with van der Waals surface area (Å²) in [5, 5.41) is 0. The van der Waals surface area contributed by atoms with Crippen LogP contribution in [0.3, 0.4) is 0 Å². The van der Waals surface area contributed by atoms with Crippen LogP contribution < -0.4 is 0 Å². The van der Waals surface area contributed by atoms with Gasteiger partial charge in [-0.25, -0.2) is 0 Å². The minimum Gasteiger partial charge on any atom is -0.469 e. The molecule has 0 saturated carbocycles. The second-order valence-electron chi connectivity index (χ2n) is 4.19. The maximum absolute atomic E-state index is 11.2. The molecule has 0 N–H and O–H groups in total. The summed E-state index contributed by atoms with van der Waals surface area (Å²) in [4.78, 5) is 22.1. The predicted octanol–water partition coefficient (Wildman–Crippen LogP) is 2.58. The van der Waals surface area contributed by atoms with Crippen LogP contribution in [0.1, 0.15) is 45.4 Å². The first-order chi connectivity index (χ1) is 8.19. The number of carbonyl (C=O) groups is 2. The maximum atomic E-state index is 11.2. The molecule has 0 amide bonds. The molecule has 0 bridgehead atoms. The van der Waals surface area contributed by atoms with Crippen molar-refractivity contribution in [2.24, 2.45) is 5.92 Å². The molecule has 0 radical (unpaired) electrons. The van der Waals surface area contributed by atoms with Gasteiger partial charge in [-0.05, 0) is 25.3 Å². The number of hydrogen-bond donors (Lipinski definition) is 0. The van der Waals surface area contributed by atoms with Gasteiger partial charge < -0.3 is 9.47 Å². The summed E-state index contributed by atoms with van der Waals surface area (Å²) in [5.74, 6) is 0.440. The van der Waals surface area contributed by atoms with Crippen LogP contribution in [0, 0.1) is 5.92 Å². The molecule has 1 atom stereocenters. The molecular weight excluding hydrogens is 220 g/mol. The Hall–Kier alpha value is -1.32. The lowest BCUT2D eigenvalue weighted by molar-refractivity contribution is -0.157. The number of cyclic esters (lactones) is 1. The lowest BCUT2D eigenvalue weighted by Crippen LogP contribution is -2.32. The fraction of sp³-hybridized carbons (Fsp3) is 0.692. The van der Waals surface area contributed by atoms with E-state index in [1.54, 1.807) is 0 Å². The molecule has 0 aliphatic carbocycles.